The molecule has 0 spiro atoms. The highest BCUT2D eigenvalue weighted by atomic mass is 32.1. The predicted molar refractivity (Wildman–Crippen MR) is 116 cm³/mol. The van der Waals surface area contributed by atoms with Crippen LogP contribution in [0, 0.1) is 17.2 Å². The van der Waals surface area contributed by atoms with E-state index in [1.807, 2.05) is 30.3 Å². The molecule has 10 heteroatoms. The second-order valence-electron chi connectivity index (χ2n) is 6.14. The van der Waals surface area contributed by atoms with Gasteiger partial charge in [0.2, 0.25) is 5.82 Å². The first-order chi connectivity index (χ1) is 15.1. The predicted octanol–water partition coefficient (Wildman–Crippen LogP) is 3.68. The number of hydrogen-bond acceptors (Lipinski definition) is 8. The Morgan fingerprint density at radius 1 is 1.29 bits per heavy atom. The summed E-state index contributed by atoms with van der Waals surface area (Å²) in [5.74, 6) is 3.13. The molecule has 0 atom stereocenters. The maximum atomic E-state index is 11.7. The largest absolute Gasteiger partial charge is 0.448 e. The molecule has 3 aromatic rings. The molecule has 0 aliphatic rings. The van der Waals surface area contributed by atoms with Crippen molar-refractivity contribution in [1.82, 2.24) is 14.7 Å². The Labute approximate surface area is 183 Å². The van der Waals surface area contributed by atoms with Crippen molar-refractivity contribution >= 4 is 29.8 Å². The summed E-state index contributed by atoms with van der Waals surface area (Å²) in [6, 6.07) is 14.5. The Balaban J connectivity index is 1.71. The van der Waals surface area contributed by atoms with E-state index in [-0.39, 0.29) is 18.1 Å². The van der Waals surface area contributed by atoms with Crippen LogP contribution in [0.1, 0.15) is 23.5 Å². The van der Waals surface area contributed by atoms with Crippen LogP contribution < -0.4 is 5.32 Å². The monoisotopic (exact) mass is 437 g/mol. The number of terminal acetylenes is 1. The number of nitrogens with one attached hydrogen (secondary N) is 1. The van der Waals surface area contributed by atoms with Crippen LogP contribution >= 0.6 is 12.2 Å². The summed E-state index contributed by atoms with van der Waals surface area (Å²) in [7, 11) is 1.73. The maximum Gasteiger partial charge on any atom is 0.412 e. The number of ether oxygens (including phenoxy) is 1. The number of pyridine rings is 1. The molecule has 0 aliphatic heterocycles. The lowest BCUT2D eigenvalue weighted by Crippen LogP contribution is -2.15. The third-order valence-corrected chi connectivity index (χ3v) is 4.29. The maximum absolute atomic E-state index is 11.7. The van der Waals surface area contributed by atoms with Crippen molar-refractivity contribution in [3.05, 3.63) is 70.5 Å². The molecule has 2 aromatic heterocycles. The van der Waals surface area contributed by atoms with Crippen molar-refractivity contribution in [2.45, 2.75) is 13.0 Å². The van der Waals surface area contributed by atoms with E-state index in [0.717, 1.165) is 5.56 Å². The molecule has 0 saturated heterocycles. The minimum atomic E-state index is -0.636. The van der Waals surface area contributed by atoms with Crippen molar-refractivity contribution in [3.63, 3.8) is 0 Å². The van der Waals surface area contributed by atoms with Gasteiger partial charge in [-0.15, -0.1) is 12.3 Å². The topological polar surface area (TPSA) is 104 Å². The van der Waals surface area contributed by atoms with Gasteiger partial charge in [0.15, 0.2) is 12.3 Å². The van der Waals surface area contributed by atoms with E-state index in [0.29, 0.717) is 29.5 Å². The van der Waals surface area contributed by atoms with Gasteiger partial charge in [0.1, 0.15) is 12.4 Å². The van der Waals surface area contributed by atoms with Gasteiger partial charge in [0.25, 0.3) is 4.84 Å². The minimum Gasteiger partial charge on any atom is -0.448 e. The van der Waals surface area contributed by atoms with Gasteiger partial charge in [-0.25, -0.2) is 9.78 Å². The highest BCUT2D eigenvalue weighted by Crippen LogP contribution is 2.12. The van der Waals surface area contributed by atoms with E-state index in [1.165, 1.54) is 0 Å². The number of carbonyl (C=O) groups is 1. The third kappa shape index (κ3) is 6.01. The molecule has 0 radical (unpaired) electrons. The molecule has 9 nitrogen and oxygen atoms in total. The number of amides is 1. The van der Waals surface area contributed by atoms with E-state index in [2.05, 4.69) is 26.5 Å². The van der Waals surface area contributed by atoms with E-state index < -0.39 is 6.09 Å². The molecule has 158 valence electrons. The van der Waals surface area contributed by atoms with Gasteiger partial charge in [-0.3, -0.25) is 9.88 Å². The number of rotatable bonds is 8. The molecule has 0 saturated carbocycles. The number of aromatic nitrogens is 3. The van der Waals surface area contributed by atoms with Crippen LogP contribution in [-0.2, 0) is 23.2 Å². The lowest BCUT2D eigenvalue weighted by Gasteiger charge is -2.08. The Kier molecular flexibility index (Phi) is 7.50. The van der Waals surface area contributed by atoms with Crippen LogP contribution in [-0.4, -0.2) is 33.1 Å². The average molecular weight is 437 g/mol. The van der Waals surface area contributed by atoms with Crippen LogP contribution in [0.4, 0.5) is 10.6 Å². The lowest BCUT2D eigenvalue weighted by atomic mass is 10.1. The molecule has 0 bridgehead atoms. The molecule has 2 heterocycles. The average Bonchev–Trinajstić information content (AvgIpc) is 3.10. The van der Waals surface area contributed by atoms with Gasteiger partial charge in [-0.1, -0.05) is 46.7 Å². The number of benzene rings is 1. The first-order valence-electron chi connectivity index (χ1n) is 9.20. The zero-order valence-corrected chi connectivity index (χ0v) is 17.5. The van der Waals surface area contributed by atoms with Crippen LogP contribution in [0.5, 0.6) is 0 Å². The summed E-state index contributed by atoms with van der Waals surface area (Å²) in [5.41, 5.74) is 1.78. The molecule has 0 fully saturated rings. The van der Waals surface area contributed by atoms with Crippen molar-refractivity contribution in [2.75, 3.05) is 11.9 Å². The fourth-order valence-electron chi connectivity index (χ4n) is 2.45. The Bertz CT molecular complexity index is 1160. The highest BCUT2D eigenvalue weighted by Gasteiger charge is 2.16. The van der Waals surface area contributed by atoms with Gasteiger partial charge in [0, 0.05) is 19.0 Å². The molecular formula is C21H19N5O4S. The zero-order valence-electron chi connectivity index (χ0n) is 16.6. The van der Waals surface area contributed by atoms with Gasteiger partial charge in [0.05, 0.1) is 5.69 Å². The van der Waals surface area contributed by atoms with Crippen LogP contribution in [0.3, 0.4) is 0 Å². The number of hydrogen-bond donors (Lipinski definition) is 1. The summed E-state index contributed by atoms with van der Waals surface area (Å²) >= 11 is 5.09. The molecule has 1 aromatic carbocycles. The second-order valence-corrected chi connectivity index (χ2v) is 6.49. The molecule has 0 unspecified atom stereocenters. The first-order valence-corrected chi connectivity index (χ1v) is 9.61. The van der Waals surface area contributed by atoms with E-state index in [4.69, 9.17) is 32.7 Å². The van der Waals surface area contributed by atoms with Crippen molar-refractivity contribution in [3.8, 4) is 12.3 Å². The van der Waals surface area contributed by atoms with Crippen molar-refractivity contribution < 1.29 is 18.9 Å². The molecule has 0 aliphatic carbocycles. The Morgan fingerprint density at radius 3 is 2.81 bits per heavy atom. The molecule has 31 heavy (non-hydrogen) atoms. The first kappa shape index (κ1) is 21.7. The zero-order chi connectivity index (χ0) is 22.1. The standard InChI is InChI=1S/C21H19N5O4S/c1-3-4-13-28-20(27)23-17-12-8-11-16(22-17)14-29-24-18(15-9-6-5-7-10-15)19-25-30-21(31)26(19)2/h1,5-12H,4,13-14H2,2H3,(H,22,23,27)/b24-18-. The van der Waals surface area contributed by atoms with Gasteiger partial charge < -0.3 is 14.1 Å². The van der Waals surface area contributed by atoms with E-state index in [9.17, 15) is 4.79 Å². The number of carbonyl (C=O) groups excluding carboxylic acids is 1. The third-order valence-electron chi connectivity index (χ3n) is 3.95. The van der Waals surface area contributed by atoms with Crippen LogP contribution in [0.15, 0.2) is 58.2 Å². The van der Waals surface area contributed by atoms with Crippen molar-refractivity contribution in [1.29, 1.82) is 0 Å². The molecule has 1 N–H and O–H groups in total. The van der Waals surface area contributed by atoms with Crippen LogP contribution in [0.25, 0.3) is 0 Å². The Hall–Kier alpha value is -3.97. The summed E-state index contributed by atoms with van der Waals surface area (Å²) < 4.78 is 11.6. The molecule has 1 amide bonds. The number of anilines is 1. The number of nitrogens with zero attached hydrogens (tertiary/aromatic N) is 4. The van der Waals surface area contributed by atoms with Gasteiger partial charge in [-0.05, 0) is 24.4 Å². The lowest BCUT2D eigenvalue weighted by molar-refractivity contribution is 0.128. The summed E-state index contributed by atoms with van der Waals surface area (Å²) in [5, 5.41) is 10.7. The SMILES string of the molecule is C#CCCOC(=O)Nc1cccc(CO/N=C(/c2ccccc2)c2noc(=S)n2C)n1. The van der Waals surface area contributed by atoms with Gasteiger partial charge in [-0.2, -0.15) is 0 Å². The normalized spacial score (nSPS) is 10.9. The molecule has 3 rings (SSSR count). The quantitative estimate of drug-likeness (QED) is 0.188. The van der Waals surface area contributed by atoms with E-state index in [1.54, 1.807) is 29.8 Å². The highest BCUT2D eigenvalue weighted by molar-refractivity contribution is 7.71. The fourth-order valence-corrected chi connectivity index (χ4v) is 2.57. The summed E-state index contributed by atoms with van der Waals surface area (Å²) in [4.78, 5) is 21.8. The summed E-state index contributed by atoms with van der Waals surface area (Å²) in [6.07, 6.45) is 4.83. The fraction of sp³-hybridized carbons (Fsp3) is 0.190. The summed E-state index contributed by atoms with van der Waals surface area (Å²) in [6.45, 7) is 0.188. The minimum absolute atomic E-state index is 0.0558. The van der Waals surface area contributed by atoms with Gasteiger partial charge >= 0.3 is 6.09 Å². The van der Waals surface area contributed by atoms with E-state index >= 15 is 0 Å². The van der Waals surface area contributed by atoms with Crippen molar-refractivity contribution in [2.24, 2.45) is 12.2 Å². The second kappa shape index (κ2) is 10.7. The number of oxime groups is 1. The van der Waals surface area contributed by atoms with Crippen LogP contribution in [0.2, 0.25) is 0 Å². The Morgan fingerprint density at radius 2 is 2.10 bits per heavy atom. The smallest absolute Gasteiger partial charge is 0.412 e. The molecular weight excluding hydrogens is 418 g/mol.